The fourth-order valence-corrected chi connectivity index (χ4v) is 4.95. The van der Waals surface area contributed by atoms with Crippen molar-refractivity contribution in [1.82, 2.24) is 25.4 Å². The molecule has 2 heterocycles. The minimum absolute atomic E-state index is 0.0324. The van der Waals surface area contributed by atoms with Crippen LogP contribution in [0.4, 0.5) is 13.2 Å². The first kappa shape index (κ1) is 30.3. The molecular weight excluding hydrogens is 571 g/mol. The largest absolute Gasteiger partial charge is 0.480 e. The molecule has 1 aromatic carbocycles. The van der Waals surface area contributed by atoms with Crippen molar-refractivity contribution in [3.63, 3.8) is 0 Å². The summed E-state index contributed by atoms with van der Waals surface area (Å²) in [4.78, 5) is 41.4. The minimum atomic E-state index is -4.90. The van der Waals surface area contributed by atoms with E-state index in [1.165, 1.54) is 6.07 Å². The smallest absolute Gasteiger partial charge is 0.416 e. The Morgan fingerprint density at radius 1 is 1.05 bits per heavy atom. The Balaban J connectivity index is 1.40. The summed E-state index contributed by atoms with van der Waals surface area (Å²) in [6.07, 6.45) is -2.50. The van der Waals surface area contributed by atoms with E-state index in [-0.39, 0.29) is 35.0 Å². The first-order chi connectivity index (χ1) is 20.3. The van der Waals surface area contributed by atoms with E-state index in [0.29, 0.717) is 23.0 Å². The van der Waals surface area contributed by atoms with Gasteiger partial charge in [0.2, 0.25) is 11.7 Å². The Morgan fingerprint density at radius 3 is 2.28 bits per heavy atom. The lowest BCUT2D eigenvalue weighted by Gasteiger charge is -2.19. The first-order valence-corrected chi connectivity index (χ1v) is 14.1. The maximum Gasteiger partial charge on any atom is 0.416 e. The number of nitrogens with zero attached hydrogens (tertiary/aromatic N) is 3. The molecule has 2 fully saturated rings. The molecule has 0 radical (unpaired) electrons. The third-order valence-corrected chi connectivity index (χ3v) is 7.65. The molecule has 3 aromatic rings. The molecule has 230 valence electrons. The second-order valence-corrected chi connectivity index (χ2v) is 11.5. The topological polar surface area (TPSA) is 160 Å². The molecule has 4 N–H and O–H groups in total. The van der Waals surface area contributed by atoms with Gasteiger partial charge in [0.25, 0.3) is 11.8 Å². The molecule has 5 rings (SSSR count). The van der Waals surface area contributed by atoms with Gasteiger partial charge in [-0.1, -0.05) is 26.0 Å². The van der Waals surface area contributed by atoms with Gasteiger partial charge in [0.1, 0.15) is 11.7 Å². The second-order valence-electron chi connectivity index (χ2n) is 11.5. The van der Waals surface area contributed by atoms with Crippen molar-refractivity contribution in [3.8, 4) is 22.7 Å². The number of hydrogen-bond acceptors (Lipinski definition) is 7. The Labute approximate surface area is 244 Å². The van der Waals surface area contributed by atoms with Crippen LogP contribution in [0, 0.1) is 17.8 Å². The molecule has 0 saturated heterocycles. The highest BCUT2D eigenvalue weighted by atomic mass is 19.4. The summed E-state index contributed by atoms with van der Waals surface area (Å²) >= 11 is 0. The Hall–Kier alpha value is -4.20. The minimum Gasteiger partial charge on any atom is -0.480 e. The molecule has 2 amide bonds. The quantitative estimate of drug-likeness (QED) is 0.243. The number of carbonyl (C=O) groups is 3. The number of aliphatic carboxylic acids is 1. The fourth-order valence-electron chi connectivity index (χ4n) is 4.95. The normalized spacial score (nSPS) is 16.7. The summed E-state index contributed by atoms with van der Waals surface area (Å²) in [6, 6.07) is 6.65. The molecule has 2 aromatic heterocycles. The highest BCUT2D eigenvalue weighted by Gasteiger charge is 2.43. The molecule has 43 heavy (non-hydrogen) atoms. The van der Waals surface area contributed by atoms with E-state index in [9.17, 15) is 37.8 Å². The molecule has 2 aliphatic carbocycles. The lowest BCUT2D eigenvalue weighted by atomic mass is 10.0. The number of aliphatic hydroxyl groups is 1. The number of nitrogens with one attached hydrogen (secondary N) is 2. The van der Waals surface area contributed by atoms with Gasteiger partial charge in [-0.15, -0.1) is 0 Å². The van der Waals surface area contributed by atoms with Crippen LogP contribution in [0.5, 0.6) is 0 Å². The summed E-state index contributed by atoms with van der Waals surface area (Å²) in [7, 11) is 0. The monoisotopic (exact) mass is 603 g/mol. The highest BCUT2D eigenvalue weighted by molar-refractivity contribution is 5.95. The molecular formula is C29H32F3N5O6. The van der Waals surface area contributed by atoms with E-state index < -0.39 is 42.7 Å². The van der Waals surface area contributed by atoms with Crippen molar-refractivity contribution in [2.45, 2.75) is 70.4 Å². The molecule has 1 unspecified atom stereocenters. The zero-order valence-electron chi connectivity index (χ0n) is 23.5. The van der Waals surface area contributed by atoms with Crippen LogP contribution in [-0.2, 0) is 11.3 Å². The fraction of sp³-hybridized carbons (Fsp3) is 0.483. The molecule has 2 aliphatic rings. The Morgan fingerprint density at radius 2 is 1.70 bits per heavy atom. The Bertz CT molecular complexity index is 1500. The number of carboxylic acids is 1. The summed E-state index contributed by atoms with van der Waals surface area (Å²) in [6.45, 7) is 2.33. The van der Waals surface area contributed by atoms with E-state index in [0.717, 1.165) is 36.6 Å². The van der Waals surface area contributed by atoms with Crippen LogP contribution in [0.15, 0.2) is 40.9 Å². The van der Waals surface area contributed by atoms with Crippen molar-refractivity contribution in [2.24, 2.45) is 17.8 Å². The summed E-state index contributed by atoms with van der Waals surface area (Å²) in [5, 5.41) is 28.7. The number of hydrogen-bond donors (Lipinski definition) is 4. The van der Waals surface area contributed by atoms with Gasteiger partial charge in [-0.2, -0.15) is 18.3 Å². The van der Waals surface area contributed by atoms with Crippen molar-refractivity contribution < 1.29 is 42.2 Å². The van der Waals surface area contributed by atoms with Crippen LogP contribution in [0.2, 0.25) is 0 Å². The zero-order valence-corrected chi connectivity index (χ0v) is 23.5. The summed E-state index contributed by atoms with van der Waals surface area (Å²) < 4.78 is 46.1. The van der Waals surface area contributed by atoms with Gasteiger partial charge in [0, 0.05) is 17.2 Å². The van der Waals surface area contributed by atoms with Crippen LogP contribution in [0.1, 0.15) is 60.6 Å². The summed E-state index contributed by atoms with van der Waals surface area (Å²) in [5.41, 5.74) is 0.890. The average molecular weight is 604 g/mol. The number of carboxylic acid groups (broad SMARTS) is 1. The number of aromatic nitrogens is 3. The zero-order chi connectivity index (χ0) is 31.1. The lowest BCUT2D eigenvalue weighted by molar-refractivity contribution is -0.208. The van der Waals surface area contributed by atoms with Crippen LogP contribution < -0.4 is 10.6 Å². The third kappa shape index (κ3) is 7.07. The lowest BCUT2D eigenvalue weighted by Crippen LogP contribution is -2.44. The van der Waals surface area contributed by atoms with Gasteiger partial charge in [0.05, 0.1) is 18.4 Å². The van der Waals surface area contributed by atoms with Crippen molar-refractivity contribution in [2.75, 3.05) is 0 Å². The molecule has 2 atom stereocenters. The predicted octanol–water partition coefficient (Wildman–Crippen LogP) is 3.89. The van der Waals surface area contributed by atoms with E-state index in [1.54, 1.807) is 38.1 Å². The van der Waals surface area contributed by atoms with E-state index in [2.05, 4.69) is 20.7 Å². The summed E-state index contributed by atoms with van der Waals surface area (Å²) in [5.74, 6) is -2.35. The number of rotatable bonds is 12. The Kier molecular flexibility index (Phi) is 8.32. The van der Waals surface area contributed by atoms with Crippen LogP contribution in [0.25, 0.3) is 22.7 Å². The molecule has 0 spiro atoms. The number of benzene rings is 1. The van der Waals surface area contributed by atoms with Crippen molar-refractivity contribution in [3.05, 3.63) is 48.0 Å². The van der Waals surface area contributed by atoms with Gasteiger partial charge in [0.15, 0.2) is 6.10 Å². The standard InChI is InChI=1S/C29H32F3N5O6/c1-14(2)23(28(41)42)34-26(40)21-12-33-27(43-21)18-5-3-4-17(10-18)19-11-20(37(36-19)13-22(38)29(30,31)32)25(39)35-24(15-6-7-15)16-8-9-16/h3-5,10-12,14-16,22-24,38H,6-9,13H2,1-2H3,(H,34,40)(H,35,39)(H,41,42)/t22?,23-/m0/s1. The molecule has 11 nitrogen and oxygen atoms in total. The van der Waals surface area contributed by atoms with Gasteiger partial charge >= 0.3 is 12.1 Å². The molecule has 14 heteroatoms. The van der Waals surface area contributed by atoms with E-state index >= 15 is 0 Å². The van der Waals surface area contributed by atoms with Crippen LogP contribution in [-0.4, -0.2) is 67.1 Å². The molecule has 0 aliphatic heterocycles. The number of alkyl halides is 3. The molecule has 2 saturated carbocycles. The number of aliphatic hydroxyl groups excluding tert-OH is 1. The van der Waals surface area contributed by atoms with Gasteiger partial charge in [-0.25, -0.2) is 9.78 Å². The SMILES string of the molecule is CC(C)[C@H](NC(=O)c1cnc(-c2cccc(-c3cc(C(=O)NC(C4CC4)C4CC4)n(CC(O)C(F)(F)F)n3)c2)o1)C(=O)O. The van der Waals surface area contributed by atoms with Crippen LogP contribution in [0.3, 0.4) is 0 Å². The number of amides is 2. The van der Waals surface area contributed by atoms with Crippen LogP contribution >= 0.6 is 0 Å². The molecule has 0 bridgehead atoms. The maximum atomic E-state index is 13.3. The van der Waals surface area contributed by atoms with Crippen molar-refractivity contribution >= 4 is 17.8 Å². The predicted molar refractivity (Wildman–Crippen MR) is 146 cm³/mol. The first-order valence-electron chi connectivity index (χ1n) is 14.1. The highest BCUT2D eigenvalue weighted by Crippen LogP contribution is 2.44. The van der Waals surface area contributed by atoms with Gasteiger partial charge in [-0.05, 0) is 61.6 Å². The number of carbonyl (C=O) groups excluding carboxylic acids is 2. The average Bonchev–Trinajstić information content (AvgIpc) is 3.88. The van der Waals surface area contributed by atoms with E-state index in [1.807, 2.05) is 0 Å². The van der Waals surface area contributed by atoms with Gasteiger partial charge < -0.3 is 25.3 Å². The third-order valence-electron chi connectivity index (χ3n) is 7.65. The van der Waals surface area contributed by atoms with Gasteiger partial charge in [-0.3, -0.25) is 14.3 Å². The van der Waals surface area contributed by atoms with E-state index in [4.69, 9.17) is 4.42 Å². The second kappa shape index (κ2) is 11.8. The maximum absolute atomic E-state index is 13.3. The number of halogens is 3. The van der Waals surface area contributed by atoms with Crippen molar-refractivity contribution in [1.29, 1.82) is 0 Å². The number of oxazole rings is 1.